The van der Waals surface area contributed by atoms with Crippen molar-refractivity contribution in [3.05, 3.63) is 66.5 Å². The van der Waals surface area contributed by atoms with Gasteiger partial charge in [0.05, 0.1) is 6.04 Å². The van der Waals surface area contributed by atoms with Crippen LogP contribution in [0.5, 0.6) is 0 Å². The van der Waals surface area contributed by atoms with Gasteiger partial charge in [-0.25, -0.2) is 4.98 Å². The lowest BCUT2D eigenvalue weighted by Crippen LogP contribution is -2.53. The van der Waals surface area contributed by atoms with Crippen LogP contribution in [0.3, 0.4) is 0 Å². The molecule has 0 spiro atoms. The van der Waals surface area contributed by atoms with E-state index in [1.165, 1.54) is 11.9 Å². The van der Waals surface area contributed by atoms with Gasteiger partial charge in [0.15, 0.2) is 5.82 Å². The maximum atomic E-state index is 12.5. The van der Waals surface area contributed by atoms with Crippen molar-refractivity contribution < 1.29 is 4.79 Å². The minimum Gasteiger partial charge on any atom is -0.325 e. The molecule has 126 valence electrons. The molecule has 1 fully saturated rings. The Balaban J connectivity index is 1.37. The molecule has 1 aliphatic rings. The molecule has 4 rings (SSSR count). The summed E-state index contributed by atoms with van der Waals surface area (Å²) in [6, 6.07) is 17.8. The van der Waals surface area contributed by atoms with Gasteiger partial charge in [0.2, 0.25) is 5.91 Å². The fraction of sp³-hybridized carbons (Fsp3) is 0.211. The first-order valence-electron chi connectivity index (χ1n) is 8.34. The van der Waals surface area contributed by atoms with Crippen LogP contribution >= 0.6 is 0 Å². The van der Waals surface area contributed by atoms with E-state index in [4.69, 9.17) is 0 Å². The van der Waals surface area contributed by atoms with Gasteiger partial charge in [0.1, 0.15) is 6.33 Å². The lowest BCUT2D eigenvalue weighted by molar-refractivity contribution is -0.125. The Hall–Kier alpha value is -2.99. The molecular formula is C19H19N5O. The molecule has 6 heteroatoms. The van der Waals surface area contributed by atoms with Crippen LogP contribution in [-0.2, 0) is 11.3 Å². The van der Waals surface area contributed by atoms with Gasteiger partial charge in [-0.15, -0.1) is 0 Å². The third-order valence-corrected chi connectivity index (χ3v) is 4.50. The highest BCUT2D eigenvalue weighted by Crippen LogP contribution is 2.23. The van der Waals surface area contributed by atoms with Crippen LogP contribution in [0.25, 0.3) is 11.4 Å². The molecule has 2 heterocycles. The molecule has 1 unspecified atom stereocenters. The third-order valence-electron chi connectivity index (χ3n) is 4.50. The minimum atomic E-state index is -0.0610. The van der Waals surface area contributed by atoms with Crippen LogP contribution < -0.4 is 5.32 Å². The van der Waals surface area contributed by atoms with Crippen molar-refractivity contribution in [1.82, 2.24) is 20.1 Å². The topological polar surface area (TPSA) is 73.9 Å². The number of aromatic nitrogens is 3. The molecule has 1 aromatic heterocycles. The summed E-state index contributed by atoms with van der Waals surface area (Å²) in [7, 11) is 0. The second-order valence-corrected chi connectivity index (χ2v) is 6.16. The van der Waals surface area contributed by atoms with Gasteiger partial charge < -0.3 is 5.32 Å². The van der Waals surface area contributed by atoms with E-state index in [1.54, 1.807) is 0 Å². The van der Waals surface area contributed by atoms with Crippen LogP contribution in [0.1, 0.15) is 12.0 Å². The van der Waals surface area contributed by atoms with Crippen molar-refractivity contribution >= 4 is 11.6 Å². The summed E-state index contributed by atoms with van der Waals surface area (Å²) in [5, 5.41) is 9.67. The SMILES string of the molecule is O=C(Nc1ccc(-c2ncn[nH]2)cc1)C1CCN1Cc1ccccc1. The Bertz CT molecular complexity index is 830. The number of H-pyrrole nitrogens is 1. The molecule has 1 atom stereocenters. The van der Waals surface area contributed by atoms with Gasteiger partial charge in [-0.3, -0.25) is 14.8 Å². The average Bonchev–Trinajstić information content (AvgIpc) is 3.15. The first-order chi connectivity index (χ1) is 12.3. The van der Waals surface area contributed by atoms with Gasteiger partial charge in [-0.2, -0.15) is 5.10 Å². The molecule has 0 aliphatic carbocycles. The van der Waals surface area contributed by atoms with Crippen LogP contribution in [0, 0.1) is 0 Å². The fourth-order valence-electron chi connectivity index (χ4n) is 3.03. The molecule has 2 aromatic carbocycles. The van der Waals surface area contributed by atoms with E-state index < -0.39 is 0 Å². The smallest absolute Gasteiger partial charge is 0.241 e. The monoisotopic (exact) mass is 333 g/mol. The number of nitrogens with one attached hydrogen (secondary N) is 2. The number of amides is 1. The number of benzene rings is 2. The lowest BCUT2D eigenvalue weighted by Gasteiger charge is -2.39. The summed E-state index contributed by atoms with van der Waals surface area (Å²) < 4.78 is 0. The predicted molar refractivity (Wildman–Crippen MR) is 95.7 cm³/mol. The molecule has 2 N–H and O–H groups in total. The zero-order valence-electron chi connectivity index (χ0n) is 13.7. The Morgan fingerprint density at radius 1 is 1.16 bits per heavy atom. The molecule has 25 heavy (non-hydrogen) atoms. The molecule has 0 saturated carbocycles. The van der Waals surface area contributed by atoms with E-state index in [-0.39, 0.29) is 11.9 Å². The van der Waals surface area contributed by atoms with Crippen molar-refractivity contribution in [1.29, 1.82) is 0 Å². The van der Waals surface area contributed by atoms with Crippen LogP contribution in [0.15, 0.2) is 60.9 Å². The predicted octanol–water partition coefficient (Wildman–Crippen LogP) is 2.68. The van der Waals surface area contributed by atoms with Crippen molar-refractivity contribution in [2.75, 3.05) is 11.9 Å². The van der Waals surface area contributed by atoms with E-state index in [9.17, 15) is 4.79 Å². The number of hydrogen-bond donors (Lipinski definition) is 2. The van der Waals surface area contributed by atoms with Crippen LogP contribution in [0.4, 0.5) is 5.69 Å². The molecule has 6 nitrogen and oxygen atoms in total. The van der Waals surface area contributed by atoms with Crippen molar-refractivity contribution in [3.8, 4) is 11.4 Å². The van der Waals surface area contributed by atoms with Gasteiger partial charge in [-0.1, -0.05) is 30.3 Å². The molecule has 0 radical (unpaired) electrons. The van der Waals surface area contributed by atoms with Gasteiger partial charge in [0, 0.05) is 24.3 Å². The van der Waals surface area contributed by atoms with Crippen LogP contribution in [0.2, 0.25) is 0 Å². The number of nitrogens with zero attached hydrogens (tertiary/aromatic N) is 3. The molecular weight excluding hydrogens is 314 g/mol. The maximum Gasteiger partial charge on any atom is 0.241 e. The van der Waals surface area contributed by atoms with Gasteiger partial charge in [-0.05, 0) is 36.2 Å². The van der Waals surface area contributed by atoms with E-state index in [1.807, 2.05) is 42.5 Å². The number of rotatable bonds is 5. The fourth-order valence-corrected chi connectivity index (χ4v) is 3.03. The summed E-state index contributed by atoms with van der Waals surface area (Å²) in [4.78, 5) is 18.8. The minimum absolute atomic E-state index is 0.0506. The number of aromatic amines is 1. The van der Waals surface area contributed by atoms with Crippen LogP contribution in [-0.4, -0.2) is 38.6 Å². The quantitative estimate of drug-likeness (QED) is 0.753. The normalized spacial score (nSPS) is 17.0. The first kappa shape index (κ1) is 15.5. The maximum absolute atomic E-state index is 12.5. The summed E-state index contributed by atoms with van der Waals surface area (Å²) in [6.07, 6.45) is 2.37. The molecule has 1 amide bonds. The lowest BCUT2D eigenvalue weighted by atomic mass is 10.0. The summed E-state index contributed by atoms with van der Waals surface area (Å²) in [5.41, 5.74) is 2.96. The number of anilines is 1. The van der Waals surface area contributed by atoms with Crippen molar-refractivity contribution in [2.45, 2.75) is 19.0 Å². The zero-order valence-corrected chi connectivity index (χ0v) is 13.7. The molecule has 1 aliphatic heterocycles. The Morgan fingerprint density at radius 2 is 1.96 bits per heavy atom. The third kappa shape index (κ3) is 3.44. The summed E-state index contributed by atoms with van der Waals surface area (Å²) in [6.45, 7) is 1.76. The highest BCUT2D eigenvalue weighted by atomic mass is 16.2. The molecule has 1 saturated heterocycles. The second-order valence-electron chi connectivity index (χ2n) is 6.16. The van der Waals surface area contributed by atoms with E-state index in [0.717, 1.165) is 30.8 Å². The Kier molecular flexibility index (Phi) is 4.26. The first-order valence-corrected chi connectivity index (χ1v) is 8.34. The number of hydrogen-bond acceptors (Lipinski definition) is 4. The standard InChI is InChI=1S/C19H19N5O/c25-19(17-10-11-24(17)12-14-4-2-1-3-5-14)22-16-8-6-15(7-9-16)18-20-13-21-23-18/h1-9,13,17H,10-12H2,(H,22,25)(H,20,21,23). The van der Waals surface area contributed by atoms with Gasteiger partial charge in [0.25, 0.3) is 0 Å². The number of carbonyl (C=O) groups is 1. The highest BCUT2D eigenvalue weighted by Gasteiger charge is 2.33. The second kappa shape index (κ2) is 6.86. The van der Waals surface area contributed by atoms with E-state index in [0.29, 0.717) is 5.82 Å². The number of carbonyl (C=O) groups excluding carboxylic acids is 1. The average molecular weight is 333 g/mol. The highest BCUT2D eigenvalue weighted by molar-refractivity contribution is 5.95. The van der Waals surface area contributed by atoms with E-state index in [2.05, 4.69) is 37.5 Å². The summed E-state index contributed by atoms with van der Waals surface area (Å²) in [5.74, 6) is 0.764. The van der Waals surface area contributed by atoms with Crippen molar-refractivity contribution in [3.63, 3.8) is 0 Å². The zero-order chi connectivity index (χ0) is 17.1. The van der Waals surface area contributed by atoms with E-state index >= 15 is 0 Å². The summed E-state index contributed by atoms with van der Waals surface area (Å²) >= 11 is 0. The molecule has 3 aromatic rings. The Morgan fingerprint density at radius 3 is 2.60 bits per heavy atom. The Labute approximate surface area is 145 Å². The molecule has 0 bridgehead atoms. The van der Waals surface area contributed by atoms with Crippen molar-refractivity contribution in [2.24, 2.45) is 0 Å². The van der Waals surface area contributed by atoms with Gasteiger partial charge >= 0.3 is 0 Å². The largest absolute Gasteiger partial charge is 0.325 e. The number of likely N-dealkylation sites (tertiary alicyclic amines) is 1.